The zero-order valence-corrected chi connectivity index (χ0v) is 17.3. The molecule has 0 saturated heterocycles. The van der Waals surface area contributed by atoms with Crippen LogP contribution in [-0.2, 0) is 0 Å². The molecule has 1 aliphatic rings. The minimum atomic E-state index is -0.639. The normalized spacial score (nSPS) is 16.5. The number of carbonyl (C=O) groups is 1. The highest BCUT2D eigenvalue weighted by Crippen LogP contribution is 2.39. The van der Waals surface area contributed by atoms with Crippen LogP contribution in [-0.4, -0.2) is 16.2 Å². The Morgan fingerprint density at radius 1 is 1.10 bits per heavy atom. The summed E-state index contributed by atoms with van der Waals surface area (Å²) < 4.78 is 19.6. The van der Waals surface area contributed by atoms with Crippen LogP contribution in [0.2, 0.25) is 0 Å². The number of carbonyl (C=O) groups excluding carboxylic acids is 1. The molecule has 6 nitrogen and oxygen atoms in total. The molecule has 8 heteroatoms. The van der Waals surface area contributed by atoms with Gasteiger partial charge in [-0.3, -0.25) is 4.90 Å². The molecule has 0 saturated carbocycles. The van der Waals surface area contributed by atoms with Crippen LogP contribution < -0.4 is 10.2 Å². The van der Waals surface area contributed by atoms with Crippen molar-refractivity contribution in [1.29, 1.82) is 0 Å². The molecule has 0 spiro atoms. The number of aromatic nitrogens is 2. The number of hydrogen-bond acceptors (Lipinski definition) is 5. The van der Waals surface area contributed by atoms with Gasteiger partial charge >= 0.3 is 6.03 Å². The standard InChI is InChI=1S/C23H17FN4O2S/c1-14-19(22-26-21(27-30-22)18-11-6-12-31-18)20(15-7-5-8-16(24)13-15)25-23(29)28(14)17-9-3-2-4-10-17/h2-13,20H,1H3,(H,25,29). The van der Waals surface area contributed by atoms with Crippen LogP contribution in [0, 0.1) is 5.82 Å². The van der Waals surface area contributed by atoms with Crippen LogP contribution in [0.25, 0.3) is 16.3 Å². The second-order valence-corrected chi connectivity index (χ2v) is 7.96. The number of para-hydroxylation sites is 1. The number of nitrogens with zero attached hydrogens (tertiary/aromatic N) is 3. The number of rotatable bonds is 4. The fraction of sp³-hybridized carbons (Fsp3) is 0.0870. The van der Waals surface area contributed by atoms with Crippen molar-refractivity contribution in [2.24, 2.45) is 0 Å². The van der Waals surface area contributed by atoms with Crippen LogP contribution in [0.15, 0.2) is 82.3 Å². The highest BCUT2D eigenvalue weighted by molar-refractivity contribution is 7.13. The zero-order chi connectivity index (χ0) is 21.4. The van der Waals surface area contributed by atoms with E-state index in [0.29, 0.717) is 28.3 Å². The Labute approximate surface area is 181 Å². The molecule has 2 aromatic carbocycles. The Balaban J connectivity index is 1.67. The topological polar surface area (TPSA) is 71.3 Å². The lowest BCUT2D eigenvalue weighted by Gasteiger charge is -2.35. The SMILES string of the molecule is CC1=C(c2nc(-c3cccs3)no2)C(c2cccc(F)c2)NC(=O)N1c1ccccc1. The van der Waals surface area contributed by atoms with E-state index in [1.54, 1.807) is 17.0 Å². The van der Waals surface area contributed by atoms with E-state index in [0.717, 1.165) is 4.88 Å². The Hall–Kier alpha value is -3.78. The number of anilines is 1. The average molecular weight is 432 g/mol. The van der Waals surface area contributed by atoms with Crippen molar-refractivity contribution in [3.63, 3.8) is 0 Å². The molecule has 31 heavy (non-hydrogen) atoms. The third-order valence-corrected chi connectivity index (χ3v) is 5.94. The van der Waals surface area contributed by atoms with Gasteiger partial charge in [-0.2, -0.15) is 4.98 Å². The second-order valence-electron chi connectivity index (χ2n) is 7.01. The van der Waals surface area contributed by atoms with Gasteiger partial charge in [0, 0.05) is 5.70 Å². The minimum absolute atomic E-state index is 0.274. The molecule has 0 fully saturated rings. The number of thiophene rings is 1. The van der Waals surface area contributed by atoms with Gasteiger partial charge in [-0.15, -0.1) is 11.3 Å². The summed E-state index contributed by atoms with van der Waals surface area (Å²) in [6.07, 6.45) is 0. The van der Waals surface area contributed by atoms with Crippen LogP contribution >= 0.6 is 11.3 Å². The Kier molecular flexibility index (Phi) is 4.83. The van der Waals surface area contributed by atoms with Crippen molar-refractivity contribution in [2.45, 2.75) is 13.0 Å². The van der Waals surface area contributed by atoms with E-state index >= 15 is 0 Å². The lowest BCUT2D eigenvalue weighted by Crippen LogP contribution is -2.46. The summed E-state index contributed by atoms with van der Waals surface area (Å²) in [6, 6.07) is 18.3. The van der Waals surface area contributed by atoms with Gasteiger partial charge < -0.3 is 9.84 Å². The van der Waals surface area contributed by atoms with Crippen molar-refractivity contribution in [3.05, 3.63) is 95.1 Å². The Morgan fingerprint density at radius 2 is 1.94 bits per heavy atom. The largest absolute Gasteiger partial charge is 0.334 e. The monoisotopic (exact) mass is 432 g/mol. The summed E-state index contributed by atoms with van der Waals surface area (Å²) in [5.74, 6) is 0.349. The first-order chi connectivity index (χ1) is 15.1. The number of hydrogen-bond donors (Lipinski definition) is 1. The molecule has 4 aromatic rings. The molecular weight excluding hydrogens is 415 g/mol. The first-order valence-electron chi connectivity index (χ1n) is 9.61. The van der Waals surface area contributed by atoms with E-state index in [1.807, 2.05) is 54.8 Å². The predicted molar refractivity (Wildman–Crippen MR) is 117 cm³/mol. The first-order valence-corrected chi connectivity index (χ1v) is 10.5. The molecule has 0 aliphatic carbocycles. The number of nitrogens with one attached hydrogen (secondary N) is 1. The van der Waals surface area contributed by atoms with Crippen LogP contribution in [0.4, 0.5) is 14.9 Å². The van der Waals surface area contributed by atoms with Gasteiger partial charge in [0.05, 0.1) is 22.2 Å². The molecule has 154 valence electrons. The molecule has 1 atom stereocenters. The number of amides is 2. The first kappa shape index (κ1) is 19.2. The fourth-order valence-corrected chi connectivity index (χ4v) is 4.33. The van der Waals surface area contributed by atoms with E-state index in [1.165, 1.54) is 23.5 Å². The Bertz CT molecular complexity index is 1270. The van der Waals surface area contributed by atoms with Crippen LogP contribution in [0.1, 0.15) is 24.4 Å². The molecule has 1 unspecified atom stereocenters. The van der Waals surface area contributed by atoms with Crippen LogP contribution in [0.3, 0.4) is 0 Å². The van der Waals surface area contributed by atoms with Gasteiger partial charge in [0.15, 0.2) is 0 Å². The average Bonchev–Trinajstić information content (AvgIpc) is 3.46. The third-order valence-electron chi connectivity index (χ3n) is 5.08. The maximum Gasteiger partial charge on any atom is 0.326 e. The molecule has 2 amide bonds. The van der Waals surface area contributed by atoms with Crippen molar-refractivity contribution in [1.82, 2.24) is 15.5 Å². The molecule has 0 bridgehead atoms. The van der Waals surface area contributed by atoms with E-state index in [2.05, 4.69) is 15.5 Å². The van der Waals surface area contributed by atoms with Gasteiger partial charge in [0.1, 0.15) is 5.82 Å². The van der Waals surface area contributed by atoms with Gasteiger partial charge in [-0.1, -0.05) is 41.6 Å². The number of halogens is 1. The fourth-order valence-electron chi connectivity index (χ4n) is 3.68. The summed E-state index contributed by atoms with van der Waals surface area (Å²) in [7, 11) is 0. The van der Waals surface area contributed by atoms with Crippen LogP contribution in [0.5, 0.6) is 0 Å². The molecule has 3 heterocycles. The quantitative estimate of drug-likeness (QED) is 0.453. The van der Waals surface area contributed by atoms with Gasteiger partial charge in [0.2, 0.25) is 5.82 Å². The summed E-state index contributed by atoms with van der Waals surface area (Å²) >= 11 is 1.50. The lowest BCUT2D eigenvalue weighted by molar-refractivity contribution is 0.244. The van der Waals surface area contributed by atoms with Gasteiger partial charge in [0.25, 0.3) is 5.89 Å². The summed E-state index contributed by atoms with van der Waals surface area (Å²) in [6.45, 7) is 1.82. The lowest BCUT2D eigenvalue weighted by atomic mass is 9.94. The van der Waals surface area contributed by atoms with Crippen molar-refractivity contribution < 1.29 is 13.7 Å². The van der Waals surface area contributed by atoms with Crippen molar-refractivity contribution in [2.75, 3.05) is 4.90 Å². The maximum absolute atomic E-state index is 14.0. The molecule has 1 aliphatic heterocycles. The minimum Gasteiger partial charge on any atom is -0.334 e. The highest BCUT2D eigenvalue weighted by atomic mass is 32.1. The number of allylic oxidation sites excluding steroid dienone is 1. The van der Waals surface area contributed by atoms with Crippen molar-refractivity contribution >= 4 is 28.6 Å². The summed E-state index contributed by atoms with van der Waals surface area (Å²) in [5.41, 5.74) is 2.53. The zero-order valence-electron chi connectivity index (χ0n) is 16.4. The summed E-state index contributed by atoms with van der Waals surface area (Å²) in [4.78, 5) is 20.1. The molecular formula is C23H17FN4O2S. The van der Waals surface area contributed by atoms with Gasteiger partial charge in [-0.25, -0.2) is 9.18 Å². The second kappa shape index (κ2) is 7.81. The van der Waals surface area contributed by atoms with E-state index in [-0.39, 0.29) is 17.7 Å². The predicted octanol–water partition coefficient (Wildman–Crippen LogP) is 5.64. The Morgan fingerprint density at radius 3 is 2.68 bits per heavy atom. The molecule has 5 rings (SSSR count). The van der Waals surface area contributed by atoms with Crippen molar-refractivity contribution in [3.8, 4) is 10.7 Å². The van der Waals surface area contributed by atoms with Gasteiger partial charge in [-0.05, 0) is 48.2 Å². The third kappa shape index (κ3) is 3.51. The number of benzene rings is 2. The smallest absolute Gasteiger partial charge is 0.326 e. The highest BCUT2D eigenvalue weighted by Gasteiger charge is 2.36. The summed E-state index contributed by atoms with van der Waals surface area (Å²) in [5, 5.41) is 9.02. The molecule has 1 N–H and O–H groups in total. The maximum atomic E-state index is 14.0. The van der Waals surface area contributed by atoms with E-state index in [9.17, 15) is 9.18 Å². The number of urea groups is 1. The van der Waals surface area contributed by atoms with E-state index in [4.69, 9.17) is 4.52 Å². The van der Waals surface area contributed by atoms with E-state index < -0.39 is 6.04 Å². The molecule has 2 aromatic heterocycles. The molecule has 0 radical (unpaired) electrons.